The predicted octanol–water partition coefficient (Wildman–Crippen LogP) is 2.31. The molecule has 0 unspecified atom stereocenters. The smallest absolute Gasteiger partial charge is 0.255 e. The summed E-state index contributed by atoms with van der Waals surface area (Å²) in [5.41, 5.74) is 2.33. The van der Waals surface area contributed by atoms with Gasteiger partial charge in [-0.3, -0.25) is 9.48 Å². The summed E-state index contributed by atoms with van der Waals surface area (Å²) in [5, 5.41) is 5.30. The Morgan fingerprint density at radius 3 is 3.09 bits per heavy atom. The fraction of sp³-hybridized carbons (Fsp3) is 0.588. The maximum absolute atomic E-state index is 12.8. The molecule has 1 aliphatic rings. The van der Waals surface area contributed by atoms with Crippen LogP contribution in [0.3, 0.4) is 0 Å². The summed E-state index contributed by atoms with van der Waals surface area (Å²) in [6.45, 7) is 6.25. The van der Waals surface area contributed by atoms with E-state index in [1.165, 1.54) is 0 Å². The lowest BCUT2D eigenvalue weighted by Crippen LogP contribution is -2.43. The Bertz CT molecular complexity index is 710. The quantitative estimate of drug-likeness (QED) is 0.868. The average Bonchev–Trinajstić information content (AvgIpc) is 2.86. The number of hydrogen-bond acceptors (Lipinski definition) is 4. The molecule has 23 heavy (non-hydrogen) atoms. The van der Waals surface area contributed by atoms with Crippen LogP contribution in [0.25, 0.3) is 11.0 Å². The van der Waals surface area contributed by atoms with Crippen LogP contribution in [0.15, 0.2) is 12.3 Å². The lowest BCUT2D eigenvalue weighted by Gasteiger charge is -2.32. The van der Waals surface area contributed by atoms with Crippen molar-refractivity contribution in [2.24, 2.45) is 7.05 Å². The van der Waals surface area contributed by atoms with Crippen LogP contribution in [0.5, 0.6) is 0 Å². The highest BCUT2D eigenvalue weighted by Gasteiger charge is 2.25. The minimum Gasteiger partial charge on any atom is -0.376 e. The lowest BCUT2D eigenvalue weighted by molar-refractivity contribution is 0.00210. The van der Waals surface area contributed by atoms with E-state index >= 15 is 0 Å². The topological polar surface area (TPSA) is 60.2 Å². The molecule has 1 fully saturated rings. The van der Waals surface area contributed by atoms with Crippen LogP contribution in [0.1, 0.15) is 42.2 Å². The Morgan fingerprint density at radius 1 is 1.48 bits per heavy atom. The summed E-state index contributed by atoms with van der Waals surface area (Å²) >= 11 is 0. The van der Waals surface area contributed by atoms with E-state index in [9.17, 15) is 4.79 Å². The standard InChI is InChI=1S/C17H24N4O2/c1-4-8-23-14-6-5-7-21(11-14)17(22)13-9-15-12(2)19-20(3)16(15)18-10-13/h9-10,14H,4-8,11H2,1-3H3/t14-/m1/s1. The number of aromatic nitrogens is 3. The van der Waals surface area contributed by atoms with E-state index in [4.69, 9.17) is 4.74 Å². The number of rotatable bonds is 4. The number of likely N-dealkylation sites (tertiary alicyclic amines) is 1. The number of amides is 1. The molecule has 0 spiro atoms. The highest BCUT2D eigenvalue weighted by Crippen LogP contribution is 2.20. The largest absolute Gasteiger partial charge is 0.376 e. The van der Waals surface area contributed by atoms with Crippen molar-refractivity contribution in [3.63, 3.8) is 0 Å². The third-order valence-corrected chi connectivity index (χ3v) is 4.33. The Morgan fingerprint density at radius 2 is 2.30 bits per heavy atom. The first kappa shape index (κ1) is 15.9. The van der Waals surface area contributed by atoms with Crippen LogP contribution in [-0.4, -0.2) is 51.4 Å². The van der Waals surface area contributed by atoms with E-state index in [-0.39, 0.29) is 12.0 Å². The Balaban J connectivity index is 1.78. The molecule has 2 aromatic rings. The van der Waals surface area contributed by atoms with Crippen molar-refractivity contribution in [2.45, 2.75) is 39.2 Å². The van der Waals surface area contributed by atoms with E-state index in [0.717, 1.165) is 49.1 Å². The van der Waals surface area contributed by atoms with Crippen molar-refractivity contribution in [3.8, 4) is 0 Å². The number of aryl methyl sites for hydroxylation is 2. The first-order valence-corrected chi connectivity index (χ1v) is 8.30. The maximum Gasteiger partial charge on any atom is 0.255 e. The van der Waals surface area contributed by atoms with Gasteiger partial charge >= 0.3 is 0 Å². The normalized spacial score (nSPS) is 18.6. The molecule has 6 nitrogen and oxygen atoms in total. The zero-order chi connectivity index (χ0) is 16.4. The minimum absolute atomic E-state index is 0.0347. The number of hydrogen-bond donors (Lipinski definition) is 0. The van der Waals surface area contributed by atoms with Gasteiger partial charge in [0.25, 0.3) is 5.91 Å². The first-order valence-electron chi connectivity index (χ1n) is 8.30. The molecule has 0 saturated carbocycles. The zero-order valence-corrected chi connectivity index (χ0v) is 14.1. The van der Waals surface area contributed by atoms with Crippen LogP contribution in [-0.2, 0) is 11.8 Å². The van der Waals surface area contributed by atoms with Gasteiger partial charge in [-0.15, -0.1) is 0 Å². The van der Waals surface area contributed by atoms with E-state index in [0.29, 0.717) is 12.1 Å². The average molecular weight is 316 g/mol. The first-order chi connectivity index (χ1) is 11.1. The molecule has 0 aromatic carbocycles. The summed E-state index contributed by atoms with van der Waals surface area (Å²) in [6.07, 6.45) is 4.84. The number of carbonyl (C=O) groups is 1. The van der Waals surface area contributed by atoms with Crippen LogP contribution >= 0.6 is 0 Å². The molecule has 0 N–H and O–H groups in total. The molecular formula is C17H24N4O2. The molecule has 1 saturated heterocycles. The van der Waals surface area contributed by atoms with Gasteiger partial charge in [0.15, 0.2) is 5.65 Å². The summed E-state index contributed by atoms with van der Waals surface area (Å²) in [6, 6.07) is 1.91. The zero-order valence-electron chi connectivity index (χ0n) is 14.1. The Hall–Kier alpha value is -1.95. The summed E-state index contributed by atoms with van der Waals surface area (Å²) in [5.74, 6) is 0.0347. The second-order valence-electron chi connectivity index (χ2n) is 6.19. The number of carbonyl (C=O) groups excluding carboxylic acids is 1. The fourth-order valence-electron chi connectivity index (χ4n) is 3.15. The van der Waals surface area contributed by atoms with Crippen LogP contribution in [0, 0.1) is 6.92 Å². The van der Waals surface area contributed by atoms with Gasteiger partial charge in [0, 0.05) is 38.3 Å². The van der Waals surface area contributed by atoms with E-state index in [2.05, 4.69) is 17.0 Å². The van der Waals surface area contributed by atoms with Gasteiger partial charge in [0.1, 0.15) is 0 Å². The molecular weight excluding hydrogens is 292 g/mol. The van der Waals surface area contributed by atoms with Crippen molar-refractivity contribution in [1.82, 2.24) is 19.7 Å². The third kappa shape index (κ3) is 3.22. The van der Waals surface area contributed by atoms with Gasteiger partial charge in [0.05, 0.1) is 17.4 Å². The number of piperidine rings is 1. The molecule has 1 aliphatic heterocycles. The molecule has 6 heteroatoms. The molecule has 3 rings (SSSR count). The highest BCUT2D eigenvalue weighted by molar-refractivity contribution is 5.97. The van der Waals surface area contributed by atoms with Gasteiger partial charge in [-0.1, -0.05) is 6.92 Å². The fourth-order valence-corrected chi connectivity index (χ4v) is 3.15. The van der Waals surface area contributed by atoms with Crippen molar-refractivity contribution in [3.05, 3.63) is 23.5 Å². The second-order valence-corrected chi connectivity index (χ2v) is 6.19. The second kappa shape index (κ2) is 6.66. The SMILES string of the molecule is CCCO[C@@H]1CCCN(C(=O)c2cnc3c(c2)c(C)nn3C)C1. The van der Waals surface area contributed by atoms with E-state index < -0.39 is 0 Å². The molecule has 1 atom stereocenters. The van der Waals surface area contributed by atoms with Gasteiger partial charge < -0.3 is 9.64 Å². The van der Waals surface area contributed by atoms with Crippen LogP contribution < -0.4 is 0 Å². The third-order valence-electron chi connectivity index (χ3n) is 4.33. The lowest BCUT2D eigenvalue weighted by atomic mass is 10.1. The van der Waals surface area contributed by atoms with Crippen molar-refractivity contribution >= 4 is 16.9 Å². The van der Waals surface area contributed by atoms with Gasteiger partial charge in [-0.2, -0.15) is 5.10 Å². The van der Waals surface area contributed by atoms with E-state index in [1.54, 1.807) is 10.9 Å². The number of pyridine rings is 1. The van der Waals surface area contributed by atoms with Crippen LogP contribution in [0.4, 0.5) is 0 Å². The van der Waals surface area contributed by atoms with Gasteiger partial charge in [-0.05, 0) is 32.3 Å². The molecule has 3 heterocycles. The maximum atomic E-state index is 12.8. The van der Waals surface area contributed by atoms with Gasteiger partial charge in [-0.25, -0.2) is 4.98 Å². The molecule has 0 radical (unpaired) electrons. The Labute approximate surface area is 136 Å². The van der Waals surface area contributed by atoms with Crippen molar-refractivity contribution in [1.29, 1.82) is 0 Å². The molecule has 124 valence electrons. The predicted molar refractivity (Wildman–Crippen MR) is 88.4 cm³/mol. The van der Waals surface area contributed by atoms with Crippen LogP contribution in [0.2, 0.25) is 0 Å². The molecule has 1 amide bonds. The minimum atomic E-state index is 0.0347. The number of ether oxygens (including phenoxy) is 1. The highest BCUT2D eigenvalue weighted by atomic mass is 16.5. The molecule has 0 aliphatic carbocycles. The molecule has 2 aromatic heterocycles. The Kier molecular flexibility index (Phi) is 4.61. The number of nitrogens with zero attached hydrogens (tertiary/aromatic N) is 4. The van der Waals surface area contributed by atoms with Crippen molar-refractivity contribution < 1.29 is 9.53 Å². The number of fused-ring (bicyclic) bond motifs is 1. The summed E-state index contributed by atoms with van der Waals surface area (Å²) in [7, 11) is 1.87. The summed E-state index contributed by atoms with van der Waals surface area (Å²) < 4.78 is 7.56. The summed E-state index contributed by atoms with van der Waals surface area (Å²) in [4.78, 5) is 19.1. The monoisotopic (exact) mass is 316 g/mol. The van der Waals surface area contributed by atoms with Gasteiger partial charge in [0.2, 0.25) is 0 Å². The molecule has 0 bridgehead atoms. The van der Waals surface area contributed by atoms with Crippen molar-refractivity contribution in [2.75, 3.05) is 19.7 Å². The van der Waals surface area contributed by atoms with E-state index in [1.807, 2.05) is 24.9 Å².